The first-order valence-electron chi connectivity index (χ1n) is 4.28. The van der Waals surface area contributed by atoms with E-state index in [9.17, 15) is 0 Å². The summed E-state index contributed by atoms with van der Waals surface area (Å²) in [5, 5.41) is 0. The molecule has 0 saturated carbocycles. The van der Waals surface area contributed by atoms with Crippen LogP contribution in [0.5, 0.6) is 0 Å². The average molecular weight is 305 g/mol. The van der Waals surface area contributed by atoms with Crippen LogP contribution in [0, 0.1) is 13.3 Å². The quantitative estimate of drug-likeness (QED) is 0.669. The second-order valence-corrected chi connectivity index (χ2v) is 6.91. The van der Waals surface area contributed by atoms with Crippen molar-refractivity contribution >= 4 is 22.6 Å². The Hall–Kier alpha value is 0.423. The Morgan fingerprint density at radius 1 is 1.14 bits per heavy atom. The van der Waals surface area contributed by atoms with Crippen LogP contribution in [-0.4, -0.2) is 0 Å². The van der Waals surface area contributed by atoms with Crippen molar-refractivity contribution in [3.63, 3.8) is 0 Å². The van der Waals surface area contributed by atoms with Crippen LogP contribution in [0.25, 0.3) is 5.57 Å². The molecule has 1 aliphatic rings. The maximum absolute atomic E-state index is 4.93. The molecule has 1 aromatic carbocycles. The molecule has 0 saturated heterocycles. The van der Waals surface area contributed by atoms with Gasteiger partial charge in [-0.2, -0.15) is 0 Å². The van der Waals surface area contributed by atoms with Gasteiger partial charge in [0.05, 0.1) is 0 Å². The summed E-state index contributed by atoms with van der Waals surface area (Å²) in [6.07, 6.45) is 4.34. The molecule has 0 fully saturated rings. The minimum atomic E-state index is -0.826. The van der Waals surface area contributed by atoms with E-state index in [0.29, 0.717) is 0 Å². The third-order valence-electron chi connectivity index (χ3n) is 2.15. The molecule has 0 aromatic heterocycles. The van der Waals surface area contributed by atoms with Gasteiger partial charge in [0, 0.05) is 6.42 Å². The van der Waals surface area contributed by atoms with Gasteiger partial charge in [0.15, 0.2) is 0 Å². The molecule has 0 bridgehead atoms. The standard InChI is InChI=1S/C11H11.2ClH.Zr/c1-8-3-5-10-6-4-9(2)11(10)7-8;;;/h3-7H,1-2H3;2*1H;/q;;;+2/p-2. The Bertz CT molecular complexity index is 345. The van der Waals surface area contributed by atoms with Crippen molar-refractivity contribution in [2.75, 3.05) is 0 Å². The number of fused-ring (bicyclic) bond motifs is 1. The van der Waals surface area contributed by atoms with Crippen LogP contribution in [0.4, 0.5) is 0 Å². The van der Waals surface area contributed by atoms with Gasteiger partial charge in [-0.25, -0.2) is 0 Å². The maximum atomic E-state index is 4.93. The monoisotopic (exact) mass is 303 g/mol. The topological polar surface area (TPSA) is 0 Å². The summed E-state index contributed by atoms with van der Waals surface area (Å²) < 4.78 is 0. The number of allylic oxidation sites excluding steroid dienone is 2. The van der Waals surface area contributed by atoms with Gasteiger partial charge in [-0.3, -0.25) is 0 Å². The van der Waals surface area contributed by atoms with Gasteiger partial charge in [0.1, 0.15) is 0 Å². The van der Waals surface area contributed by atoms with Crippen LogP contribution >= 0.6 is 17.0 Å². The van der Waals surface area contributed by atoms with E-state index in [0.717, 1.165) is 0 Å². The molecule has 0 amide bonds. The van der Waals surface area contributed by atoms with E-state index in [2.05, 4.69) is 44.5 Å². The summed E-state index contributed by atoms with van der Waals surface area (Å²) in [4.78, 5) is 0. The van der Waals surface area contributed by atoms with Crippen molar-refractivity contribution in [1.82, 2.24) is 0 Å². The molecule has 0 aliphatic heterocycles. The molecule has 14 heavy (non-hydrogen) atoms. The fourth-order valence-electron chi connectivity index (χ4n) is 1.46. The van der Waals surface area contributed by atoms with E-state index in [1.54, 1.807) is 0 Å². The summed E-state index contributed by atoms with van der Waals surface area (Å²) >= 11 is -0.826. The van der Waals surface area contributed by atoms with Crippen LogP contribution in [-0.2, 0) is 20.8 Å². The number of aryl methyl sites for hydroxylation is 1. The molecule has 1 aliphatic carbocycles. The molecule has 0 spiro atoms. The predicted octanol–water partition coefficient (Wildman–Crippen LogP) is 4.34. The fourth-order valence-corrected chi connectivity index (χ4v) is 1.46. The van der Waals surface area contributed by atoms with Crippen molar-refractivity contribution in [3.8, 4) is 0 Å². The number of rotatable bonds is 0. The van der Waals surface area contributed by atoms with E-state index >= 15 is 0 Å². The molecule has 0 nitrogen and oxygen atoms in total. The van der Waals surface area contributed by atoms with E-state index in [-0.39, 0.29) is 0 Å². The molecular weight excluding hydrogens is 294 g/mol. The Morgan fingerprint density at radius 2 is 1.79 bits per heavy atom. The first kappa shape index (κ1) is 12.5. The van der Waals surface area contributed by atoms with Gasteiger partial charge in [-0.15, -0.1) is 0 Å². The predicted molar refractivity (Wildman–Crippen MR) is 59.9 cm³/mol. The number of hydrogen-bond acceptors (Lipinski definition) is 0. The third-order valence-corrected chi connectivity index (χ3v) is 2.15. The summed E-state index contributed by atoms with van der Waals surface area (Å²) in [5.41, 5.74) is 5.47. The van der Waals surface area contributed by atoms with Crippen LogP contribution in [0.1, 0.15) is 23.6 Å². The molecule has 0 unspecified atom stereocenters. The second-order valence-electron chi connectivity index (χ2n) is 3.18. The second kappa shape index (κ2) is 6.10. The fraction of sp³-hybridized carbons (Fsp3) is 0.182. The Kier molecular flexibility index (Phi) is 5.45. The summed E-state index contributed by atoms with van der Waals surface area (Å²) in [6, 6.07) is 6.57. The molecule has 73 valence electrons. The van der Waals surface area contributed by atoms with Crippen molar-refractivity contribution in [3.05, 3.63) is 47.4 Å². The molecule has 3 heteroatoms. The van der Waals surface area contributed by atoms with Crippen LogP contribution < -0.4 is 0 Å². The van der Waals surface area contributed by atoms with Gasteiger partial charge >= 0.3 is 37.9 Å². The van der Waals surface area contributed by atoms with Crippen LogP contribution in [0.3, 0.4) is 0 Å². The van der Waals surface area contributed by atoms with Gasteiger partial charge < -0.3 is 0 Å². The summed E-state index contributed by atoms with van der Waals surface area (Å²) in [6.45, 7) is 4.29. The van der Waals surface area contributed by atoms with Gasteiger partial charge in [0.2, 0.25) is 0 Å². The third kappa shape index (κ3) is 3.22. The van der Waals surface area contributed by atoms with Crippen molar-refractivity contribution in [2.24, 2.45) is 0 Å². The Balaban J connectivity index is 0.000000293. The number of halogens is 2. The molecule has 0 N–H and O–H groups in total. The zero-order chi connectivity index (χ0) is 10.6. The zero-order valence-electron chi connectivity index (χ0n) is 8.14. The minimum absolute atomic E-state index is 0.826. The molecule has 0 heterocycles. The van der Waals surface area contributed by atoms with Crippen LogP contribution in [0.2, 0.25) is 0 Å². The van der Waals surface area contributed by atoms with Crippen molar-refractivity contribution in [1.29, 1.82) is 0 Å². The summed E-state index contributed by atoms with van der Waals surface area (Å²) in [5.74, 6) is 0. The Morgan fingerprint density at radius 3 is 2.43 bits per heavy atom. The zero-order valence-corrected chi connectivity index (χ0v) is 12.1. The average Bonchev–Trinajstić information content (AvgIpc) is 2.49. The van der Waals surface area contributed by atoms with E-state index in [4.69, 9.17) is 17.0 Å². The summed E-state index contributed by atoms with van der Waals surface area (Å²) in [7, 11) is 9.87. The molecule has 0 atom stereocenters. The van der Waals surface area contributed by atoms with Gasteiger partial charge in [0.25, 0.3) is 0 Å². The van der Waals surface area contributed by atoms with E-state index in [1.165, 1.54) is 22.3 Å². The van der Waals surface area contributed by atoms with Gasteiger partial charge in [-0.1, -0.05) is 29.8 Å². The molecule has 1 radical (unpaired) electrons. The van der Waals surface area contributed by atoms with Gasteiger partial charge in [-0.05, 0) is 30.5 Å². The van der Waals surface area contributed by atoms with E-state index in [1.807, 2.05) is 0 Å². The number of benzene rings is 1. The molecular formula is C11H11Cl2Zr. The SMILES string of the molecule is CC1=C[CH]c2ccc(C)cc21.[Cl][Zr][Cl]. The molecule has 1 aromatic rings. The molecule has 2 rings (SSSR count). The first-order valence-corrected chi connectivity index (χ1v) is 10.6. The van der Waals surface area contributed by atoms with E-state index < -0.39 is 20.8 Å². The normalized spacial score (nSPS) is 12.4. The first-order chi connectivity index (χ1) is 6.69. The Labute approximate surface area is 104 Å². The van der Waals surface area contributed by atoms with Crippen molar-refractivity contribution in [2.45, 2.75) is 13.8 Å². The number of hydrogen-bond donors (Lipinski definition) is 0. The van der Waals surface area contributed by atoms with Crippen molar-refractivity contribution < 1.29 is 20.8 Å². The van der Waals surface area contributed by atoms with Crippen LogP contribution in [0.15, 0.2) is 24.3 Å².